The Labute approximate surface area is 170 Å². The predicted molar refractivity (Wildman–Crippen MR) is 110 cm³/mol. The van der Waals surface area contributed by atoms with Crippen LogP contribution in [-0.4, -0.2) is 57.6 Å². The van der Waals surface area contributed by atoms with Gasteiger partial charge in [-0.2, -0.15) is 9.97 Å². The molecular weight excluding hydrogens is 387 g/mol. The van der Waals surface area contributed by atoms with Crippen molar-refractivity contribution in [2.45, 2.75) is 6.04 Å². The fraction of sp³-hybridized carbons (Fsp3) is 0.300. The monoisotopic (exact) mass is 406 g/mol. The Kier molecular flexibility index (Phi) is 3.75. The molecule has 2 unspecified atom stereocenters. The van der Waals surface area contributed by atoms with Crippen molar-refractivity contribution >= 4 is 33.4 Å². The van der Waals surface area contributed by atoms with Crippen LogP contribution in [0.25, 0.3) is 21.9 Å². The van der Waals surface area contributed by atoms with E-state index in [9.17, 15) is 4.39 Å². The van der Waals surface area contributed by atoms with Gasteiger partial charge in [0.25, 0.3) is 0 Å². The molecule has 9 nitrogen and oxygen atoms in total. The standard InChI is InChI=1S/C20H19FN8O/c1-22-13-6-11(21)5-12-15-17(26-16(12)13)27-20(30-19-23-3-2-4-24-19)28-18(15)29-8-10-7-25-14(10)9-29/h2-6,10,14,22,25H,7-9H2,1H3,(H,26,27,28). The molecule has 3 N–H and O–H groups in total. The average Bonchev–Trinajstić information content (AvgIpc) is 3.24. The number of halogens is 1. The van der Waals surface area contributed by atoms with Crippen LogP contribution in [0.15, 0.2) is 30.6 Å². The molecule has 2 aliphatic rings. The van der Waals surface area contributed by atoms with Gasteiger partial charge in [-0.1, -0.05) is 0 Å². The summed E-state index contributed by atoms with van der Waals surface area (Å²) in [5, 5.41) is 8.02. The molecule has 2 aliphatic heterocycles. The molecule has 0 radical (unpaired) electrons. The van der Waals surface area contributed by atoms with Gasteiger partial charge in [-0.05, 0) is 18.2 Å². The number of fused-ring (bicyclic) bond motifs is 4. The number of aromatic nitrogens is 5. The average molecular weight is 406 g/mol. The number of nitrogens with one attached hydrogen (secondary N) is 3. The Hall–Kier alpha value is -3.53. The molecule has 4 aromatic rings. The van der Waals surface area contributed by atoms with Crippen LogP contribution in [0.5, 0.6) is 12.0 Å². The second-order valence-corrected chi connectivity index (χ2v) is 7.62. The zero-order valence-electron chi connectivity index (χ0n) is 16.2. The van der Waals surface area contributed by atoms with Crippen molar-refractivity contribution < 1.29 is 9.13 Å². The lowest BCUT2D eigenvalue weighted by Crippen LogP contribution is -2.51. The molecule has 0 amide bonds. The highest BCUT2D eigenvalue weighted by atomic mass is 19.1. The van der Waals surface area contributed by atoms with Gasteiger partial charge in [0.1, 0.15) is 17.3 Å². The smallest absolute Gasteiger partial charge is 0.328 e. The molecule has 3 aromatic heterocycles. The highest BCUT2D eigenvalue weighted by molar-refractivity contribution is 6.14. The van der Waals surface area contributed by atoms with E-state index >= 15 is 0 Å². The van der Waals surface area contributed by atoms with Crippen LogP contribution in [0, 0.1) is 11.7 Å². The second kappa shape index (κ2) is 6.49. The van der Waals surface area contributed by atoms with E-state index in [1.54, 1.807) is 25.5 Å². The largest absolute Gasteiger partial charge is 0.388 e. The minimum atomic E-state index is -0.320. The molecule has 30 heavy (non-hydrogen) atoms. The first kappa shape index (κ1) is 17.3. The minimum Gasteiger partial charge on any atom is -0.388 e. The van der Waals surface area contributed by atoms with E-state index in [2.05, 4.69) is 35.5 Å². The third kappa shape index (κ3) is 2.64. The number of H-pyrrole nitrogens is 1. The van der Waals surface area contributed by atoms with E-state index in [0.717, 1.165) is 41.7 Å². The summed E-state index contributed by atoms with van der Waals surface area (Å²) in [7, 11) is 1.76. The van der Waals surface area contributed by atoms with Crippen LogP contribution in [0.2, 0.25) is 0 Å². The third-order valence-electron chi connectivity index (χ3n) is 5.86. The lowest BCUT2D eigenvalue weighted by atomic mass is 9.96. The molecule has 6 rings (SSSR count). The second-order valence-electron chi connectivity index (χ2n) is 7.62. The molecule has 2 atom stereocenters. The molecule has 152 valence electrons. The van der Waals surface area contributed by atoms with Gasteiger partial charge in [-0.25, -0.2) is 14.4 Å². The molecule has 0 aliphatic carbocycles. The van der Waals surface area contributed by atoms with Crippen molar-refractivity contribution in [3.8, 4) is 12.0 Å². The van der Waals surface area contributed by atoms with Gasteiger partial charge in [0, 0.05) is 56.4 Å². The number of ether oxygens (including phenoxy) is 1. The Bertz CT molecular complexity index is 1250. The molecule has 1 aromatic carbocycles. The van der Waals surface area contributed by atoms with Crippen LogP contribution in [0.3, 0.4) is 0 Å². The Morgan fingerprint density at radius 3 is 2.73 bits per heavy atom. The van der Waals surface area contributed by atoms with E-state index in [1.165, 1.54) is 12.1 Å². The summed E-state index contributed by atoms with van der Waals surface area (Å²) in [5.74, 6) is 0.993. The van der Waals surface area contributed by atoms with Crippen LogP contribution >= 0.6 is 0 Å². The lowest BCUT2D eigenvalue weighted by Gasteiger charge is -2.29. The van der Waals surface area contributed by atoms with E-state index in [4.69, 9.17) is 9.72 Å². The normalized spacial score (nSPS) is 20.4. The first-order valence-corrected chi connectivity index (χ1v) is 9.83. The summed E-state index contributed by atoms with van der Waals surface area (Å²) < 4.78 is 20.1. The number of rotatable bonds is 4. The molecule has 2 saturated heterocycles. The first-order valence-electron chi connectivity index (χ1n) is 9.83. The number of nitrogens with zero attached hydrogens (tertiary/aromatic N) is 5. The van der Waals surface area contributed by atoms with Crippen LogP contribution in [0.4, 0.5) is 15.9 Å². The molecule has 0 bridgehead atoms. The quantitative estimate of drug-likeness (QED) is 0.474. The van der Waals surface area contributed by atoms with Crippen molar-refractivity contribution in [3.63, 3.8) is 0 Å². The van der Waals surface area contributed by atoms with Crippen molar-refractivity contribution in [2.24, 2.45) is 5.92 Å². The molecule has 2 fully saturated rings. The molecule has 0 saturated carbocycles. The summed E-state index contributed by atoms with van der Waals surface area (Å²) in [6.07, 6.45) is 3.19. The highest BCUT2D eigenvalue weighted by Crippen LogP contribution is 2.39. The zero-order valence-corrected chi connectivity index (χ0v) is 16.2. The predicted octanol–water partition coefficient (Wildman–Crippen LogP) is 2.28. The summed E-state index contributed by atoms with van der Waals surface area (Å²) in [4.78, 5) is 22.9. The number of hydrogen-bond acceptors (Lipinski definition) is 8. The zero-order chi connectivity index (χ0) is 20.2. The third-order valence-corrected chi connectivity index (χ3v) is 5.86. The maximum absolute atomic E-state index is 14.3. The van der Waals surface area contributed by atoms with Gasteiger partial charge >= 0.3 is 12.0 Å². The van der Waals surface area contributed by atoms with E-state index in [-0.39, 0.29) is 17.8 Å². The summed E-state index contributed by atoms with van der Waals surface area (Å²) in [5.41, 5.74) is 2.01. The number of anilines is 2. The maximum atomic E-state index is 14.3. The number of aromatic amines is 1. The SMILES string of the molecule is CNc1cc(F)cc2c1[nH]c1nc(Oc3ncccn3)nc(N3CC4CNC4C3)c12. The summed E-state index contributed by atoms with van der Waals surface area (Å²) >= 11 is 0. The van der Waals surface area contributed by atoms with Crippen LogP contribution < -0.4 is 20.3 Å². The first-order chi connectivity index (χ1) is 14.7. The van der Waals surface area contributed by atoms with Crippen LogP contribution in [0.1, 0.15) is 0 Å². The molecule has 0 spiro atoms. The fourth-order valence-electron chi connectivity index (χ4n) is 4.34. The van der Waals surface area contributed by atoms with Gasteiger partial charge in [0.05, 0.1) is 16.6 Å². The van der Waals surface area contributed by atoms with Crippen molar-refractivity contribution in [1.29, 1.82) is 0 Å². The lowest BCUT2D eigenvalue weighted by molar-refractivity contribution is 0.297. The van der Waals surface area contributed by atoms with Gasteiger partial charge in [0.2, 0.25) is 0 Å². The maximum Gasteiger partial charge on any atom is 0.328 e. The van der Waals surface area contributed by atoms with Gasteiger partial charge < -0.3 is 25.3 Å². The van der Waals surface area contributed by atoms with Crippen molar-refractivity contribution in [3.05, 3.63) is 36.4 Å². The van der Waals surface area contributed by atoms with Crippen molar-refractivity contribution in [2.75, 3.05) is 36.9 Å². The molecule has 10 heteroatoms. The number of hydrogen-bond donors (Lipinski definition) is 3. The van der Waals surface area contributed by atoms with Gasteiger partial charge in [-0.15, -0.1) is 0 Å². The number of benzene rings is 1. The molecular formula is C20H19FN8O. The summed E-state index contributed by atoms with van der Waals surface area (Å²) in [6.45, 7) is 2.72. The molecule has 5 heterocycles. The highest BCUT2D eigenvalue weighted by Gasteiger charge is 2.40. The Morgan fingerprint density at radius 2 is 2.03 bits per heavy atom. The van der Waals surface area contributed by atoms with Crippen LogP contribution in [-0.2, 0) is 0 Å². The van der Waals surface area contributed by atoms with Crippen molar-refractivity contribution in [1.82, 2.24) is 30.2 Å². The van der Waals surface area contributed by atoms with E-state index < -0.39 is 0 Å². The Balaban J connectivity index is 1.56. The topological polar surface area (TPSA) is 104 Å². The fourth-order valence-corrected chi connectivity index (χ4v) is 4.34. The van der Waals surface area contributed by atoms with Gasteiger partial charge in [0.15, 0.2) is 0 Å². The van der Waals surface area contributed by atoms with E-state index in [0.29, 0.717) is 23.3 Å². The van der Waals surface area contributed by atoms with E-state index in [1.807, 2.05) is 0 Å². The summed E-state index contributed by atoms with van der Waals surface area (Å²) in [6, 6.07) is 5.46. The minimum absolute atomic E-state index is 0.147. The van der Waals surface area contributed by atoms with Gasteiger partial charge in [-0.3, -0.25) is 0 Å². The Morgan fingerprint density at radius 1 is 1.17 bits per heavy atom.